The standard InChI is InChI=1S/2C8H19O3PS2.C2H6O/c1-4-10-12(9,11-5-2)14-8-7-13-6-3;1-4-9-12(13,10-5-2)11-7-8-14-6-3;1-3-2/h2*4-8H2,1-3H3;1-2H3. The average molecular weight is 563 g/mol. The Kier molecular flexibility index (Phi) is 33.6. The first-order chi connectivity index (χ1) is 14.8. The minimum absolute atomic E-state index is 0.436. The van der Waals surface area contributed by atoms with Crippen LogP contribution in [0.3, 0.4) is 0 Å². The number of rotatable bonds is 18. The maximum atomic E-state index is 11.9. The third kappa shape index (κ3) is 27.8. The Morgan fingerprint density at radius 1 is 0.677 bits per heavy atom. The monoisotopic (exact) mass is 562 g/mol. The van der Waals surface area contributed by atoms with Gasteiger partial charge in [0.15, 0.2) is 0 Å². The Labute approximate surface area is 209 Å². The van der Waals surface area contributed by atoms with Crippen LogP contribution in [0.5, 0.6) is 0 Å². The average Bonchev–Trinajstić information content (AvgIpc) is 2.71. The Bertz CT molecular complexity index is 391. The molecule has 0 unspecified atom stereocenters. The van der Waals surface area contributed by atoms with E-state index < -0.39 is 13.5 Å². The molecule has 192 valence electrons. The van der Waals surface area contributed by atoms with Gasteiger partial charge in [0.2, 0.25) is 0 Å². The van der Waals surface area contributed by atoms with Gasteiger partial charge in [-0.25, -0.2) is 4.57 Å². The molecule has 0 rings (SSSR count). The van der Waals surface area contributed by atoms with Crippen LogP contribution in [0.2, 0.25) is 0 Å². The van der Waals surface area contributed by atoms with Gasteiger partial charge in [-0.15, -0.1) is 0 Å². The molecule has 7 nitrogen and oxygen atoms in total. The lowest BCUT2D eigenvalue weighted by atomic mass is 10.9. The van der Waals surface area contributed by atoms with Crippen LogP contribution in [0.4, 0.5) is 0 Å². The summed E-state index contributed by atoms with van der Waals surface area (Å²) in [5.41, 5.74) is 0. The van der Waals surface area contributed by atoms with Crippen molar-refractivity contribution in [3.05, 3.63) is 0 Å². The van der Waals surface area contributed by atoms with Gasteiger partial charge in [0, 0.05) is 31.5 Å². The zero-order valence-corrected chi connectivity index (χ0v) is 25.5. The normalized spacial score (nSPS) is 11.4. The van der Waals surface area contributed by atoms with Gasteiger partial charge in [0.05, 0.1) is 33.0 Å². The quantitative estimate of drug-likeness (QED) is 0.128. The molecule has 13 heteroatoms. The molecule has 0 radical (unpaired) electrons. The molecule has 0 aromatic rings. The molecule has 0 fully saturated rings. The van der Waals surface area contributed by atoms with Crippen LogP contribution in [0.15, 0.2) is 0 Å². The van der Waals surface area contributed by atoms with Crippen LogP contribution in [-0.2, 0) is 43.7 Å². The molecule has 0 aliphatic heterocycles. The minimum Gasteiger partial charge on any atom is -0.388 e. The topological polar surface area (TPSA) is 72.5 Å². The second-order valence-corrected chi connectivity index (χ2v) is 15.0. The van der Waals surface area contributed by atoms with E-state index in [1.807, 2.05) is 51.2 Å². The van der Waals surface area contributed by atoms with E-state index >= 15 is 0 Å². The molecular weight excluding hydrogens is 518 g/mol. The summed E-state index contributed by atoms with van der Waals surface area (Å²) in [6.07, 6.45) is 0. The molecule has 0 bridgehead atoms. The van der Waals surface area contributed by atoms with Crippen LogP contribution in [0.25, 0.3) is 0 Å². The van der Waals surface area contributed by atoms with Crippen molar-refractivity contribution in [1.82, 2.24) is 0 Å². The van der Waals surface area contributed by atoms with E-state index in [4.69, 9.17) is 34.4 Å². The number of hydrogen-bond donors (Lipinski definition) is 0. The van der Waals surface area contributed by atoms with E-state index in [1.54, 1.807) is 14.2 Å². The molecule has 31 heavy (non-hydrogen) atoms. The van der Waals surface area contributed by atoms with Crippen LogP contribution in [0.1, 0.15) is 41.5 Å². The summed E-state index contributed by atoms with van der Waals surface area (Å²) in [6, 6.07) is 0. The molecular formula is C18H44O7P2S4. The first-order valence-electron chi connectivity index (χ1n) is 10.4. The lowest BCUT2D eigenvalue weighted by molar-refractivity contribution is 0.174. The molecule has 0 aliphatic rings. The van der Waals surface area contributed by atoms with E-state index in [2.05, 4.69) is 18.6 Å². The number of ether oxygens (including phenoxy) is 1. The maximum Gasteiger partial charge on any atom is 0.389 e. The summed E-state index contributed by atoms with van der Waals surface area (Å²) in [5, 5.41) is 0. The van der Waals surface area contributed by atoms with Gasteiger partial charge in [0.1, 0.15) is 0 Å². The van der Waals surface area contributed by atoms with Crippen LogP contribution in [0, 0.1) is 0 Å². The Morgan fingerprint density at radius 2 is 1.10 bits per heavy atom. The van der Waals surface area contributed by atoms with Gasteiger partial charge in [-0.2, -0.15) is 23.5 Å². The molecule has 0 N–H and O–H groups in total. The zero-order valence-electron chi connectivity index (χ0n) is 20.5. The first-order valence-corrected chi connectivity index (χ1v) is 18.4. The van der Waals surface area contributed by atoms with Crippen LogP contribution < -0.4 is 0 Å². The van der Waals surface area contributed by atoms with Gasteiger partial charge < -0.3 is 27.4 Å². The molecule has 0 atom stereocenters. The molecule has 0 saturated heterocycles. The number of hydrogen-bond acceptors (Lipinski definition) is 11. The smallest absolute Gasteiger partial charge is 0.388 e. The number of methoxy groups -OCH3 is 1. The second kappa shape index (κ2) is 27.9. The predicted octanol–water partition coefficient (Wildman–Crippen LogP) is 6.97. The van der Waals surface area contributed by atoms with Gasteiger partial charge in [-0.05, 0) is 62.4 Å². The molecule has 0 spiro atoms. The molecule has 0 aromatic heterocycles. The lowest BCUT2D eigenvalue weighted by Crippen LogP contribution is -2.02. The minimum atomic E-state index is -2.86. The molecule has 0 aliphatic carbocycles. The maximum absolute atomic E-state index is 11.9. The Hall–Kier alpha value is 1.69. The highest BCUT2D eigenvalue weighted by Gasteiger charge is 2.23. The molecule has 0 saturated carbocycles. The fraction of sp³-hybridized carbons (Fsp3) is 1.00. The van der Waals surface area contributed by atoms with Crippen molar-refractivity contribution in [2.45, 2.75) is 41.5 Å². The zero-order chi connectivity index (χ0) is 24.4. The SMILES string of the molecule is CCOP(=O)(OCC)SCCSCC.CCOP(=S)(OCC)OCCSCC.COC. The summed E-state index contributed by atoms with van der Waals surface area (Å²) >= 11 is 10.1. The second-order valence-electron chi connectivity index (χ2n) is 5.03. The summed E-state index contributed by atoms with van der Waals surface area (Å²) in [4.78, 5) is 0. The Balaban J connectivity index is -0.000000448. The van der Waals surface area contributed by atoms with Crippen molar-refractivity contribution in [2.75, 3.05) is 76.0 Å². The highest BCUT2D eigenvalue weighted by Crippen LogP contribution is 2.60. The largest absolute Gasteiger partial charge is 0.389 e. The third-order valence-corrected chi connectivity index (χ3v) is 11.1. The molecule has 0 amide bonds. The van der Waals surface area contributed by atoms with Crippen LogP contribution >= 0.6 is 48.4 Å². The van der Waals surface area contributed by atoms with Crippen LogP contribution in [-0.4, -0.2) is 76.0 Å². The van der Waals surface area contributed by atoms with Crippen molar-refractivity contribution >= 4 is 60.2 Å². The highest BCUT2D eigenvalue weighted by atomic mass is 32.7. The van der Waals surface area contributed by atoms with Crippen molar-refractivity contribution in [3.63, 3.8) is 0 Å². The molecule has 0 heterocycles. The van der Waals surface area contributed by atoms with Gasteiger partial charge in [-0.3, -0.25) is 0 Å². The first kappa shape index (κ1) is 37.2. The summed E-state index contributed by atoms with van der Waals surface area (Å²) in [6.45, 7) is 8.93. The van der Waals surface area contributed by atoms with E-state index in [0.29, 0.717) is 33.0 Å². The van der Waals surface area contributed by atoms with Crippen molar-refractivity contribution in [1.29, 1.82) is 0 Å². The van der Waals surface area contributed by atoms with Crippen molar-refractivity contribution in [3.8, 4) is 0 Å². The Morgan fingerprint density at radius 3 is 1.48 bits per heavy atom. The summed E-state index contributed by atoms with van der Waals surface area (Å²) in [7, 11) is 3.25. The van der Waals surface area contributed by atoms with Crippen molar-refractivity contribution in [2.24, 2.45) is 0 Å². The highest BCUT2D eigenvalue weighted by molar-refractivity contribution is 8.55. The molecule has 0 aromatic carbocycles. The summed E-state index contributed by atoms with van der Waals surface area (Å²) in [5.74, 6) is 4.93. The van der Waals surface area contributed by atoms with Gasteiger partial charge >= 0.3 is 13.5 Å². The van der Waals surface area contributed by atoms with E-state index in [0.717, 1.165) is 28.8 Å². The summed E-state index contributed by atoms with van der Waals surface area (Å²) < 4.78 is 42.5. The van der Waals surface area contributed by atoms with Gasteiger partial charge in [0.25, 0.3) is 0 Å². The van der Waals surface area contributed by atoms with Crippen molar-refractivity contribution < 1.29 is 31.9 Å². The van der Waals surface area contributed by atoms with E-state index in [-0.39, 0.29) is 0 Å². The fourth-order valence-electron chi connectivity index (χ4n) is 1.56. The fourth-order valence-corrected chi connectivity index (χ4v) is 8.76. The number of thioether (sulfide) groups is 2. The lowest BCUT2D eigenvalue weighted by Gasteiger charge is -2.20. The van der Waals surface area contributed by atoms with E-state index in [1.165, 1.54) is 11.4 Å². The third-order valence-electron chi connectivity index (χ3n) is 2.51. The van der Waals surface area contributed by atoms with E-state index in [9.17, 15) is 4.57 Å². The predicted molar refractivity (Wildman–Crippen MR) is 146 cm³/mol. The van der Waals surface area contributed by atoms with Gasteiger partial charge in [-0.1, -0.05) is 13.8 Å².